The van der Waals surface area contributed by atoms with Crippen LogP contribution in [-0.4, -0.2) is 0 Å². The average Bonchev–Trinajstić information content (AvgIpc) is 3.45. The highest BCUT2D eigenvalue weighted by Crippen LogP contribution is 2.45. The summed E-state index contributed by atoms with van der Waals surface area (Å²) in [6.07, 6.45) is 3.20. The molecule has 0 aliphatic heterocycles. The molecule has 7 heteroatoms. The van der Waals surface area contributed by atoms with Gasteiger partial charge in [-0.05, 0) is 61.4 Å². The van der Waals surface area contributed by atoms with Gasteiger partial charge in [0.2, 0.25) is 0 Å². The van der Waals surface area contributed by atoms with Crippen LogP contribution in [0, 0.1) is 59.2 Å². The fraction of sp³-hybridized carbons (Fsp3) is 0.0909. The molecule has 0 N–H and O–H groups in total. The second-order valence-corrected chi connectivity index (χ2v) is 9.23. The molecule has 4 nitrogen and oxygen atoms in total. The lowest BCUT2D eigenvalue weighted by Gasteiger charge is -1.96. The molecule has 0 fully saturated rings. The van der Waals surface area contributed by atoms with Crippen molar-refractivity contribution in [2.45, 2.75) is 13.8 Å². The van der Waals surface area contributed by atoms with E-state index in [0.29, 0.717) is 0 Å². The van der Waals surface area contributed by atoms with Crippen LogP contribution in [0.4, 0.5) is 0 Å². The van der Waals surface area contributed by atoms with Gasteiger partial charge in [0, 0.05) is 29.3 Å². The fourth-order valence-corrected chi connectivity index (χ4v) is 6.19. The Balaban J connectivity index is 1.99. The summed E-state index contributed by atoms with van der Waals surface area (Å²) in [5.41, 5.74) is 2.57. The van der Waals surface area contributed by atoms with Gasteiger partial charge in [-0.25, -0.2) is 0 Å². The Morgan fingerprint density at radius 2 is 1.03 bits per heavy atom. The highest BCUT2D eigenvalue weighted by atomic mass is 32.1. The summed E-state index contributed by atoms with van der Waals surface area (Å²) < 4.78 is 0. The molecule has 0 aromatic carbocycles. The van der Waals surface area contributed by atoms with Crippen molar-refractivity contribution in [3.05, 3.63) is 56.3 Å². The predicted octanol–water partition coefficient (Wildman–Crippen LogP) is 6.68. The molecule has 0 spiro atoms. The lowest BCUT2D eigenvalue weighted by molar-refractivity contribution is 1.41. The normalized spacial score (nSPS) is 9.59. The summed E-state index contributed by atoms with van der Waals surface area (Å²) in [4.78, 5) is 6.26. The SMILES string of the molecule is Cc1c(-c2ccc(C=C(C#N)C#N)s2)sc(-c2ccc(C=C(C#N)C#N)s2)c1C. The number of nitrogens with zero attached hydrogens (tertiary/aromatic N) is 4. The molecular weight excluding hydrogens is 416 g/mol. The number of hydrogen-bond acceptors (Lipinski definition) is 7. The van der Waals surface area contributed by atoms with Gasteiger partial charge in [-0.3, -0.25) is 0 Å². The van der Waals surface area contributed by atoms with Crippen molar-refractivity contribution >= 4 is 46.2 Å². The Hall–Kier alpha value is -3.46. The molecule has 0 atom stereocenters. The minimum absolute atomic E-state index is 0.0893. The maximum atomic E-state index is 8.94. The molecule has 3 heterocycles. The smallest absolute Gasteiger partial charge is 0.131 e. The van der Waals surface area contributed by atoms with Crippen molar-refractivity contribution in [2.75, 3.05) is 0 Å². The van der Waals surface area contributed by atoms with E-state index in [4.69, 9.17) is 21.0 Å². The number of allylic oxidation sites excluding steroid dienone is 2. The second kappa shape index (κ2) is 8.70. The standard InChI is InChI=1S/C22H12N4S3/c1-13-14(2)22(20-6-4-18(28-20)8-16(11-25)12-26)29-21(13)19-5-3-17(27-19)7-15(9-23)10-24/h3-8H,1-2H3. The maximum absolute atomic E-state index is 8.94. The summed E-state index contributed by atoms with van der Waals surface area (Å²) >= 11 is 4.80. The van der Waals surface area contributed by atoms with Gasteiger partial charge in [0.05, 0.1) is 0 Å². The molecule has 0 aliphatic rings. The van der Waals surface area contributed by atoms with Gasteiger partial charge >= 0.3 is 0 Å². The van der Waals surface area contributed by atoms with Crippen LogP contribution in [-0.2, 0) is 0 Å². The Labute approximate surface area is 180 Å². The number of nitriles is 4. The van der Waals surface area contributed by atoms with Gasteiger partial charge in [0.1, 0.15) is 35.4 Å². The van der Waals surface area contributed by atoms with E-state index in [1.807, 2.05) is 48.5 Å². The number of rotatable bonds is 4. The van der Waals surface area contributed by atoms with E-state index in [0.717, 1.165) is 29.3 Å². The predicted molar refractivity (Wildman–Crippen MR) is 119 cm³/mol. The summed E-state index contributed by atoms with van der Waals surface area (Å²) in [6.45, 7) is 4.18. The highest BCUT2D eigenvalue weighted by molar-refractivity contribution is 7.27. The number of hydrogen-bond donors (Lipinski definition) is 0. The average molecular weight is 429 g/mol. The van der Waals surface area contributed by atoms with Crippen molar-refractivity contribution < 1.29 is 0 Å². The molecule has 29 heavy (non-hydrogen) atoms. The lowest BCUT2D eigenvalue weighted by Crippen LogP contribution is -1.75. The Morgan fingerprint density at radius 1 is 0.655 bits per heavy atom. The van der Waals surface area contributed by atoms with Crippen LogP contribution in [0.2, 0.25) is 0 Å². The van der Waals surface area contributed by atoms with Gasteiger partial charge in [0.15, 0.2) is 0 Å². The Morgan fingerprint density at radius 3 is 1.38 bits per heavy atom. The van der Waals surface area contributed by atoms with E-state index in [9.17, 15) is 0 Å². The van der Waals surface area contributed by atoms with E-state index in [-0.39, 0.29) is 11.1 Å². The maximum Gasteiger partial charge on any atom is 0.131 e. The molecule has 0 unspecified atom stereocenters. The van der Waals surface area contributed by atoms with Gasteiger partial charge in [-0.15, -0.1) is 34.0 Å². The topological polar surface area (TPSA) is 95.2 Å². The van der Waals surface area contributed by atoms with Crippen molar-refractivity contribution in [3.8, 4) is 43.8 Å². The molecule has 0 aliphatic carbocycles. The van der Waals surface area contributed by atoms with Crippen LogP contribution in [0.3, 0.4) is 0 Å². The molecule has 0 bridgehead atoms. The Kier molecular flexibility index (Phi) is 6.08. The molecule has 3 aromatic rings. The van der Waals surface area contributed by atoms with Gasteiger partial charge in [-0.1, -0.05) is 0 Å². The van der Waals surface area contributed by atoms with Gasteiger partial charge < -0.3 is 0 Å². The molecule has 0 amide bonds. The van der Waals surface area contributed by atoms with Crippen LogP contribution >= 0.6 is 34.0 Å². The van der Waals surface area contributed by atoms with Crippen LogP contribution in [0.15, 0.2) is 35.4 Å². The third kappa shape index (κ3) is 4.19. The van der Waals surface area contributed by atoms with Crippen LogP contribution in [0.5, 0.6) is 0 Å². The highest BCUT2D eigenvalue weighted by Gasteiger charge is 2.17. The van der Waals surface area contributed by atoms with Gasteiger partial charge in [-0.2, -0.15) is 21.0 Å². The van der Waals surface area contributed by atoms with Crippen molar-refractivity contribution in [1.29, 1.82) is 21.0 Å². The molecule has 0 saturated carbocycles. The van der Waals surface area contributed by atoms with E-state index >= 15 is 0 Å². The zero-order chi connectivity index (χ0) is 21.0. The summed E-state index contributed by atoms with van der Waals surface area (Å²) in [5, 5.41) is 35.7. The third-order valence-corrected chi connectivity index (χ3v) is 8.02. The molecule has 0 saturated heterocycles. The van der Waals surface area contributed by atoms with Crippen LogP contribution in [0.25, 0.3) is 31.7 Å². The van der Waals surface area contributed by atoms with Crippen molar-refractivity contribution in [3.63, 3.8) is 0 Å². The fourth-order valence-electron chi connectivity index (χ4n) is 2.63. The minimum atomic E-state index is 0.0893. The number of thiophene rings is 3. The quantitative estimate of drug-likeness (QED) is 0.433. The summed E-state index contributed by atoms with van der Waals surface area (Å²) in [5.74, 6) is 0. The van der Waals surface area contributed by atoms with Crippen LogP contribution in [0.1, 0.15) is 20.9 Å². The zero-order valence-corrected chi connectivity index (χ0v) is 17.9. The zero-order valence-electron chi connectivity index (χ0n) is 15.5. The second-order valence-electron chi connectivity index (χ2n) is 5.98. The largest absolute Gasteiger partial charge is 0.192 e. The summed E-state index contributed by atoms with van der Waals surface area (Å²) in [6, 6.07) is 15.4. The molecular formula is C22H12N4S3. The van der Waals surface area contributed by atoms with E-state index in [1.54, 1.807) is 46.2 Å². The first-order chi connectivity index (χ1) is 14.0. The molecule has 0 radical (unpaired) electrons. The molecule has 138 valence electrons. The third-order valence-electron chi connectivity index (χ3n) is 4.20. The molecule has 3 rings (SSSR count). The van der Waals surface area contributed by atoms with Crippen molar-refractivity contribution in [1.82, 2.24) is 0 Å². The summed E-state index contributed by atoms with van der Waals surface area (Å²) in [7, 11) is 0. The van der Waals surface area contributed by atoms with E-state index in [2.05, 4.69) is 13.8 Å². The minimum Gasteiger partial charge on any atom is -0.192 e. The van der Waals surface area contributed by atoms with Gasteiger partial charge in [0.25, 0.3) is 0 Å². The lowest BCUT2D eigenvalue weighted by atomic mass is 10.1. The Bertz CT molecular complexity index is 1190. The molecule has 3 aromatic heterocycles. The van der Waals surface area contributed by atoms with Crippen LogP contribution < -0.4 is 0 Å². The first-order valence-corrected chi connectivity index (χ1v) is 10.8. The first kappa shape index (κ1) is 20.3. The first-order valence-electron chi connectivity index (χ1n) is 8.35. The van der Waals surface area contributed by atoms with Crippen molar-refractivity contribution in [2.24, 2.45) is 0 Å². The van der Waals surface area contributed by atoms with E-state index in [1.165, 1.54) is 11.1 Å². The monoisotopic (exact) mass is 428 g/mol. The van der Waals surface area contributed by atoms with E-state index < -0.39 is 0 Å².